The molecule has 3 aliphatic heterocycles. The van der Waals surface area contributed by atoms with E-state index in [2.05, 4.69) is 5.32 Å². The van der Waals surface area contributed by atoms with E-state index in [1.165, 1.54) is 11.8 Å². The Morgan fingerprint density at radius 3 is 2.82 bits per heavy atom. The van der Waals surface area contributed by atoms with Gasteiger partial charge in [-0.05, 0) is 31.5 Å². The van der Waals surface area contributed by atoms with Crippen LogP contribution in [0.4, 0.5) is 5.69 Å². The van der Waals surface area contributed by atoms with Crippen LogP contribution in [0.5, 0.6) is 5.75 Å². The molecule has 3 atom stereocenters. The molecule has 1 fully saturated rings. The molecule has 142 valence electrons. The van der Waals surface area contributed by atoms with Crippen LogP contribution in [-0.4, -0.2) is 33.4 Å². The van der Waals surface area contributed by atoms with Crippen LogP contribution in [-0.2, 0) is 9.59 Å². The van der Waals surface area contributed by atoms with Crippen LogP contribution >= 0.6 is 11.8 Å². The van der Waals surface area contributed by atoms with E-state index in [4.69, 9.17) is 9.73 Å². The molecule has 2 aromatic rings. The van der Waals surface area contributed by atoms with Crippen molar-refractivity contribution in [1.82, 2.24) is 4.90 Å². The average Bonchev–Trinajstić information content (AvgIpc) is 3.02. The molecule has 0 unspecified atom stereocenters. The molecule has 2 amide bonds. The van der Waals surface area contributed by atoms with Crippen LogP contribution in [0.15, 0.2) is 53.5 Å². The number of amidine groups is 1. The number of anilines is 1. The second-order valence-electron chi connectivity index (χ2n) is 7.37. The van der Waals surface area contributed by atoms with Crippen molar-refractivity contribution >= 4 is 34.4 Å². The molecular formula is C21H19N3O3S. The fourth-order valence-corrected chi connectivity index (χ4v) is 5.18. The van der Waals surface area contributed by atoms with Crippen LogP contribution < -0.4 is 10.1 Å². The lowest BCUT2D eigenvalue weighted by atomic mass is 9.79. The molecule has 28 heavy (non-hydrogen) atoms. The molecule has 0 saturated carbocycles. The van der Waals surface area contributed by atoms with Gasteiger partial charge in [-0.3, -0.25) is 14.5 Å². The van der Waals surface area contributed by atoms with Gasteiger partial charge in [-0.15, -0.1) is 0 Å². The number of ether oxygens (including phenoxy) is 1. The summed E-state index contributed by atoms with van der Waals surface area (Å²) in [5, 5.41) is 3.66. The first-order chi connectivity index (χ1) is 13.5. The molecule has 1 saturated heterocycles. The maximum absolute atomic E-state index is 13.4. The summed E-state index contributed by atoms with van der Waals surface area (Å²) in [5.74, 6) is 0.112. The van der Waals surface area contributed by atoms with Crippen molar-refractivity contribution in [3.05, 3.63) is 59.7 Å². The van der Waals surface area contributed by atoms with Crippen molar-refractivity contribution in [2.24, 2.45) is 10.9 Å². The SMILES string of the molecule is Cc1ccccc1NC(=O)[C@H]1[C@H]2c3ccccc3O[C@]1(C)N=C1SCC(=O)N12. The van der Waals surface area contributed by atoms with E-state index in [-0.39, 0.29) is 11.8 Å². The third kappa shape index (κ3) is 2.46. The number of carbonyl (C=O) groups is 2. The van der Waals surface area contributed by atoms with Gasteiger partial charge in [0.2, 0.25) is 17.5 Å². The zero-order valence-corrected chi connectivity index (χ0v) is 16.3. The first kappa shape index (κ1) is 17.3. The van der Waals surface area contributed by atoms with E-state index in [1.807, 2.05) is 62.4 Å². The predicted molar refractivity (Wildman–Crippen MR) is 108 cm³/mol. The van der Waals surface area contributed by atoms with Crippen molar-refractivity contribution in [1.29, 1.82) is 0 Å². The predicted octanol–water partition coefficient (Wildman–Crippen LogP) is 3.34. The minimum Gasteiger partial charge on any atom is -0.465 e. The first-order valence-corrected chi connectivity index (χ1v) is 10.2. The van der Waals surface area contributed by atoms with Gasteiger partial charge in [0, 0.05) is 11.3 Å². The summed E-state index contributed by atoms with van der Waals surface area (Å²) in [5.41, 5.74) is 1.49. The number of benzene rings is 2. The number of carbonyl (C=O) groups excluding carboxylic acids is 2. The third-order valence-electron chi connectivity index (χ3n) is 5.53. The molecule has 3 aliphatic rings. The molecule has 5 rings (SSSR count). The maximum Gasteiger partial charge on any atom is 0.239 e. The van der Waals surface area contributed by atoms with E-state index >= 15 is 0 Å². The lowest BCUT2D eigenvalue weighted by molar-refractivity contribution is -0.139. The minimum atomic E-state index is -1.07. The van der Waals surface area contributed by atoms with Crippen LogP contribution in [0.3, 0.4) is 0 Å². The number of hydrogen-bond donors (Lipinski definition) is 1. The van der Waals surface area contributed by atoms with Crippen LogP contribution in [0.2, 0.25) is 0 Å². The van der Waals surface area contributed by atoms with Gasteiger partial charge in [0.05, 0.1) is 11.8 Å². The Morgan fingerprint density at radius 2 is 2.00 bits per heavy atom. The highest BCUT2D eigenvalue weighted by molar-refractivity contribution is 8.15. The third-order valence-corrected chi connectivity index (χ3v) is 6.47. The second kappa shape index (κ2) is 6.10. The molecule has 3 heterocycles. The number of hydrogen-bond acceptors (Lipinski definition) is 5. The number of nitrogens with zero attached hydrogens (tertiary/aromatic N) is 2. The number of aryl methyl sites for hydroxylation is 1. The summed E-state index contributed by atoms with van der Waals surface area (Å²) in [6, 6.07) is 14.8. The van der Waals surface area contributed by atoms with Gasteiger partial charge in [0.25, 0.3) is 0 Å². The van der Waals surface area contributed by atoms with Gasteiger partial charge in [-0.1, -0.05) is 48.2 Å². The van der Waals surface area contributed by atoms with E-state index in [9.17, 15) is 9.59 Å². The Hall–Kier alpha value is -2.80. The van der Waals surface area contributed by atoms with Gasteiger partial charge in [-0.2, -0.15) is 0 Å². The zero-order valence-electron chi connectivity index (χ0n) is 15.5. The molecule has 0 spiro atoms. The Balaban J connectivity index is 1.62. The van der Waals surface area contributed by atoms with E-state index < -0.39 is 17.7 Å². The zero-order chi connectivity index (χ0) is 19.5. The summed E-state index contributed by atoms with van der Waals surface area (Å²) in [7, 11) is 0. The topological polar surface area (TPSA) is 71.0 Å². The molecule has 0 aromatic heterocycles. The molecule has 6 nitrogen and oxygen atoms in total. The molecule has 7 heteroatoms. The van der Waals surface area contributed by atoms with E-state index in [0.29, 0.717) is 16.7 Å². The van der Waals surface area contributed by atoms with Crippen molar-refractivity contribution in [2.75, 3.05) is 11.1 Å². The van der Waals surface area contributed by atoms with E-state index in [0.717, 1.165) is 16.8 Å². The summed E-state index contributed by atoms with van der Waals surface area (Å²) >= 11 is 1.40. The van der Waals surface area contributed by atoms with Gasteiger partial charge in [0.15, 0.2) is 5.17 Å². The highest BCUT2D eigenvalue weighted by atomic mass is 32.2. The highest BCUT2D eigenvalue weighted by Crippen LogP contribution is 2.52. The number of amides is 2. The number of fused-ring (bicyclic) bond motifs is 6. The summed E-state index contributed by atoms with van der Waals surface area (Å²) in [6.45, 7) is 3.77. The monoisotopic (exact) mass is 393 g/mol. The summed E-state index contributed by atoms with van der Waals surface area (Å²) in [4.78, 5) is 32.5. The maximum atomic E-state index is 13.4. The number of thioether (sulfide) groups is 1. The molecule has 2 aromatic carbocycles. The lowest BCUT2D eigenvalue weighted by Gasteiger charge is -2.49. The quantitative estimate of drug-likeness (QED) is 0.850. The van der Waals surface area contributed by atoms with Crippen LogP contribution in [0.25, 0.3) is 0 Å². The fraction of sp³-hybridized carbons (Fsp3) is 0.286. The smallest absolute Gasteiger partial charge is 0.239 e. The van der Waals surface area contributed by atoms with Crippen molar-refractivity contribution in [3.8, 4) is 5.75 Å². The van der Waals surface area contributed by atoms with Crippen molar-refractivity contribution < 1.29 is 14.3 Å². The van der Waals surface area contributed by atoms with Crippen LogP contribution in [0.1, 0.15) is 24.1 Å². The Labute approximate surface area is 167 Å². The van der Waals surface area contributed by atoms with Gasteiger partial charge < -0.3 is 10.1 Å². The largest absolute Gasteiger partial charge is 0.465 e. The minimum absolute atomic E-state index is 0.0267. The number of rotatable bonds is 2. The Kier molecular flexibility index (Phi) is 3.77. The number of nitrogens with one attached hydrogen (secondary N) is 1. The van der Waals surface area contributed by atoms with Crippen molar-refractivity contribution in [2.45, 2.75) is 25.6 Å². The number of para-hydroxylation sites is 2. The lowest BCUT2D eigenvalue weighted by Crippen LogP contribution is -2.59. The standard InChI is InChI=1S/C21H19N3O3S/c1-12-7-3-5-9-14(12)22-19(26)17-18-13-8-4-6-10-15(13)27-21(17,2)23-20-24(18)16(25)11-28-20/h3-10,17-18H,11H2,1-2H3,(H,22,26)/t17-,18-,21+/m1/s1. The van der Waals surface area contributed by atoms with Gasteiger partial charge >= 0.3 is 0 Å². The van der Waals surface area contributed by atoms with Crippen molar-refractivity contribution in [3.63, 3.8) is 0 Å². The fourth-order valence-electron chi connectivity index (χ4n) is 4.19. The molecule has 2 bridgehead atoms. The highest BCUT2D eigenvalue weighted by Gasteiger charge is 2.59. The molecule has 0 aliphatic carbocycles. The van der Waals surface area contributed by atoms with Crippen LogP contribution in [0, 0.1) is 12.8 Å². The molecular weight excluding hydrogens is 374 g/mol. The van der Waals surface area contributed by atoms with E-state index in [1.54, 1.807) is 4.90 Å². The molecule has 0 radical (unpaired) electrons. The Morgan fingerprint density at radius 1 is 1.25 bits per heavy atom. The Bertz CT molecular complexity index is 1040. The molecule has 1 N–H and O–H groups in total. The first-order valence-electron chi connectivity index (χ1n) is 9.17. The van der Waals surface area contributed by atoms with Gasteiger partial charge in [0.1, 0.15) is 11.7 Å². The second-order valence-corrected chi connectivity index (χ2v) is 8.31. The average molecular weight is 393 g/mol. The normalized spacial score (nSPS) is 27.4. The summed E-state index contributed by atoms with van der Waals surface area (Å²) < 4.78 is 6.24. The number of aliphatic imine (C=N–C) groups is 1. The van der Waals surface area contributed by atoms with Gasteiger partial charge in [-0.25, -0.2) is 4.99 Å². The summed E-state index contributed by atoms with van der Waals surface area (Å²) in [6.07, 6.45) is 0.